The Morgan fingerprint density at radius 3 is 2.69 bits per heavy atom. The molecule has 0 amide bonds. The Hall–Kier alpha value is -2.20. The van der Waals surface area contributed by atoms with Crippen LogP contribution in [0.2, 0.25) is 5.02 Å². The normalized spacial score (nSPS) is 19.6. The lowest BCUT2D eigenvalue weighted by Crippen LogP contribution is -2.41. The summed E-state index contributed by atoms with van der Waals surface area (Å²) in [6, 6.07) is 3.69. The van der Waals surface area contributed by atoms with Crippen LogP contribution in [0.25, 0.3) is 10.9 Å². The molecule has 2 aliphatic heterocycles. The second kappa shape index (κ2) is 10.7. The van der Waals surface area contributed by atoms with E-state index in [4.69, 9.17) is 21.1 Å². The predicted octanol–water partition coefficient (Wildman–Crippen LogP) is 4.81. The highest BCUT2D eigenvalue weighted by Crippen LogP contribution is 2.42. The summed E-state index contributed by atoms with van der Waals surface area (Å²) in [4.78, 5) is 29.9. The molecule has 2 aromatic heterocycles. The third-order valence-corrected chi connectivity index (χ3v) is 8.54. The van der Waals surface area contributed by atoms with Crippen molar-refractivity contribution in [3.05, 3.63) is 46.2 Å². The lowest BCUT2D eigenvalue weighted by molar-refractivity contribution is 0.0722. The monoisotopic (exact) mass is 529 g/mol. The molecule has 2 fully saturated rings. The second-order valence-corrected chi connectivity index (χ2v) is 11.5. The molecule has 0 saturated carbocycles. The zero-order chi connectivity index (χ0) is 25.3. The van der Waals surface area contributed by atoms with Gasteiger partial charge >= 0.3 is 0 Å². The van der Waals surface area contributed by atoms with Crippen LogP contribution in [0.3, 0.4) is 0 Å². The average molecular weight is 530 g/mol. The molecule has 4 heterocycles. The molecule has 1 aromatic carbocycles. The van der Waals surface area contributed by atoms with Crippen LogP contribution in [0.1, 0.15) is 40.0 Å². The van der Waals surface area contributed by atoms with Crippen molar-refractivity contribution in [1.29, 1.82) is 0 Å². The Morgan fingerprint density at radius 2 is 2.03 bits per heavy atom. The van der Waals surface area contributed by atoms with Gasteiger partial charge in [-0.2, -0.15) is 0 Å². The van der Waals surface area contributed by atoms with Gasteiger partial charge in [-0.3, -0.25) is 9.36 Å². The van der Waals surface area contributed by atoms with E-state index in [2.05, 4.69) is 26.8 Å². The molecular weight excluding hydrogens is 498 g/mol. The van der Waals surface area contributed by atoms with Gasteiger partial charge in [0.05, 0.1) is 66.6 Å². The fourth-order valence-corrected chi connectivity index (χ4v) is 6.17. The molecule has 2 saturated heterocycles. The third-order valence-electron chi connectivity index (χ3n) is 7.05. The third kappa shape index (κ3) is 5.39. The van der Waals surface area contributed by atoms with Gasteiger partial charge < -0.3 is 14.4 Å². The van der Waals surface area contributed by atoms with Crippen molar-refractivity contribution < 1.29 is 9.47 Å². The summed E-state index contributed by atoms with van der Waals surface area (Å²) in [5.74, 6) is 0.890. The Kier molecular flexibility index (Phi) is 7.53. The average Bonchev–Trinajstić information content (AvgIpc) is 3.22. The number of benzene rings is 1. The highest BCUT2D eigenvalue weighted by atomic mass is 35.5. The highest BCUT2D eigenvalue weighted by molar-refractivity contribution is 7.99. The van der Waals surface area contributed by atoms with Crippen LogP contribution in [-0.2, 0) is 16.0 Å². The standard InChI is InChI=1S/C26H32ClN5O3S/c1-17(2)34-11-10-32-16-30-19-4-5-20(24(27)23(19)25(32)33)36-22-14-28-21(13-29-22)31-8-6-26(7-9-31)12-18(3)35-15-26/h4-5,13-14,16-18H,6-12,15H2,1-3H3/t18-/m0/s1. The van der Waals surface area contributed by atoms with Gasteiger partial charge in [-0.1, -0.05) is 23.4 Å². The lowest BCUT2D eigenvalue weighted by atomic mass is 9.77. The number of ether oxygens (including phenoxy) is 2. The van der Waals surface area contributed by atoms with E-state index >= 15 is 0 Å². The van der Waals surface area contributed by atoms with E-state index in [-0.39, 0.29) is 11.7 Å². The Bertz CT molecular complexity index is 1280. The maximum absolute atomic E-state index is 13.1. The summed E-state index contributed by atoms with van der Waals surface area (Å²) in [5.41, 5.74) is 0.730. The maximum atomic E-state index is 13.1. The minimum atomic E-state index is -0.175. The first-order valence-corrected chi connectivity index (χ1v) is 13.7. The van der Waals surface area contributed by atoms with Gasteiger partial charge in [0.15, 0.2) is 0 Å². The first-order valence-electron chi connectivity index (χ1n) is 12.5. The van der Waals surface area contributed by atoms with Crippen LogP contribution in [0.15, 0.2) is 45.6 Å². The van der Waals surface area contributed by atoms with Gasteiger partial charge in [0.25, 0.3) is 5.56 Å². The number of rotatable bonds is 7. The van der Waals surface area contributed by atoms with E-state index in [9.17, 15) is 4.79 Å². The number of aromatic nitrogens is 4. The summed E-state index contributed by atoms with van der Waals surface area (Å²) in [5, 5.41) is 1.51. The zero-order valence-electron chi connectivity index (χ0n) is 20.9. The molecule has 192 valence electrons. The van der Waals surface area contributed by atoms with Gasteiger partial charge in [-0.05, 0) is 57.6 Å². The highest BCUT2D eigenvalue weighted by Gasteiger charge is 2.41. The summed E-state index contributed by atoms with van der Waals surface area (Å²) in [6.07, 6.45) is 9.01. The van der Waals surface area contributed by atoms with E-state index in [0.717, 1.165) is 54.7 Å². The molecule has 2 aliphatic rings. The van der Waals surface area contributed by atoms with Crippen molar-refractivity contribution in [2.24, 2.45) is 5.41 Å². The molecule has 3 aromatic rings. The van der Waals surface area contributed by atoms with E-state index < -0.39 is 0 Å². The first kappa shape index (κ1) is 25.4. The van der Waals surface area contributed by atoms with Crippen molar-refractivity contribution in [2.45, 2.75) is 68.7 Å². The second-order valence-electron chi connectivity index (χ2n) is 10.1. The van der Waals surface area contributed by atoms with E-state index in [1.807, 2.05) is 32.2 Å². The van der Waals surface area contributed by atoms with E-state index in [1.54, 1.807) is 17.1 Å². The van der Waals surface area contributed by atoms with Gasteiger partial charge in [-0.25, -0.2) is 15.0 Å². The Labute approximate surface area is 220 Å². The van der Waals surface area contributed by atoms with Crippen LogP contribution in [0.4, 0.5) is 5.82 Å². The van der Waals surface area contributed by atoms with Crippen molar-refractivity contribution in [2.75, 3.05) is 31.2 Å². The van der Waals surface area contributed by atoms with Crippen molar-refractivity contribution in [1.82, 2.24) is 19.5 Å². The van der Waals surface area contributed by atoms with Crippen LogP contribution < -0.4 is 10.5 Å². The minimum Gasteiger partial charge on any atom is -0.378 e. The molecule has 8 nitrogen and oxygen atoms in total. The summed E-state index contributed by atoms with van der Waals surface area (Å²) >= 11 is 8.10. The predicted molar refractivity (Wildman–Crippen MR) is 142 cm³/mol. The van der Waals surface area contributed by atoms with Crippen LogP contribution in [0, 0.1) is 5.41 Å². The number of nitrogens with zero attached hydrogens (tertiary/aromatic N) is 5. The summed E-state index contributed by atoms with van der Waals surface area (Å²) < 4.78 is 13.0. The maximum Gasteiger partial charge on any atom is 0.262 e. The van der Waals surface area contributed by atoms with Gasteiger partial charge in [0, 0.05) is 18.0 Å². The number of hydrogen-bond donors (Lipinski definition) is 0. The molecule has 0 aliphatic carbocycles. The molecule has 5 rings (SSSR count). The zero-order valence-corrected chi connectivity index (χ0v) is 22.5. The number of halogens is 1. The molecule has 0 radical (unpaired) electrons. The van der Waals surface area contributed by atoms with Gasteiger partial charge in [0.2, 0.25) is 0 Å². The molecule has 0 N–H and O–H groups in total. The largest absolute Gasteiger partial charge is 0.378 e. The molecular formula is C26H32ClN5O3S. The number of anilines is 1. The number of piperidine rings is 1. The number of hydrogen-bond acceptors (Lipinski definition) is 8. The molecule has 1 atom stereocenters. The molecule has 1 spiro atoms. The van der Waals surface area contributed by atoms with Gasteiger partial charge in [0.1, 0.15) is 10.8 Å². The Balaban J connectivity index is 1.28. The summed E-state index contributed by atoms with van der Waals surface area (Å²) in [7, 11) is 0. The van der Waals surface area contributed by atoms with Crippen molar-refractivity contribution in [3.8, 4) is 0 Å². The molecule has 36 heavy (non-hydrogen) atoms. The fourth-order valence-electron chi connectivity index (χ4n) is 5.05. The SMILES string of the molecule is CC(C)OCCn1cnc2ccc(Sc3cnc(N4CCC5(CC4)CO[C@@H](C)C5)cn3)c(Cl)c2c1=O. The fraction of sp³-hybridized carbons (Fsp3) is 0.538. The number of fused-ring (bicyclic) bond motifs is 1. The minimum absolute atomic E-state index is 0.102. The molecule has 0 unspecified atom stereocenters. The summed E-state index contributed by atoms with van der Waals surface area (Å²) in [6.45, 7) is 9.76. The molecule has 10 heteroatoms. The van der Waals surface area contributed by atoms with Crippen molar-refractivity contribution in [3.63, 3.8) is 0 Å². The Morgan fingerprint density at radius 1 is 1.22 bits per heavy atom. The smallest absolute Gasteiger partial charge is 0.262 e. The van der Waals surface area contributed by atoms with Crippen molar-refractivity contribution >= 4 is 40.1 Å². The topological polar surface area (TPSA) is 82.4 Å². The van der Waals surface area contributed by atoms with E-state index in [0.29, 0.717) is 40.6 Å². The van der Waals surface area contributed by atoms with Crippen LogP contribution in [0.5, 0.6) is 0 Å². The van der Waals surface area contributed by atoms with Crippen LogP contribution >= 0.6 is 23.4 Å². The lowest BCUT2D eigenvalue weighted by Gasteiger charge is -2.38. The van der Waals surface area contributed by atoms with Gasteiger partial charge in [-0.15, -0.1) is 0 Å². The van der Waals surface area contributed by atoms with Crippen LogP contribution in [-0.4, -0.2) is 58.0 Å². The van der Waals surface area contributed by atoms with E-state index in [1.165, 1.54) is 11.8 Å². The first-order chi connectivity index (χ1) is 17.3. The quantitative estimate of drug-likeness (QED) is 0.431. The molecule has 0 bridgehead atoms.